The van der Waals surface area contributed by atoms with E-state index in [-0.39, 0.29) is 27.1 Å². The van der Waals surface area contributed by atoms with Crippen LogP contribution in [-0.4, -0.2) is 33.3 Å². The van der Waals surface area contributed by atoms with E-state index in [1.165, 1.54) is 27.4 Å². The molecule has 130 valence electrons. The van der Waals surface area contributed by atoms with Crippen molar-refractivity contribution in [1.29, 1.82) is 0 Å². The van der Waals surface area contributed by atoms with E-state index in [4.69, 9.17) is 37.4 Å². The zero-order chi connectivity index (χ0) is 18.0. The van der Waals surface area contributed by atoms with Crippen LogP contribution in [0.1, 0.15) is 18.5 Å². The smallest absolute Gasteiger partial charge is 0.337 e. The number of allylic oxidation sites excluding steroid dienone is 1. The van der Waals surface area contributed by atoms with E-state index in [1.54, 1.807) is 6.92 Å². The van der Waals surface area contributed by atoms with Crippen molar-refractivity contribution in [2.45, 2.75) is 13.0 Å². The largest absolute Gasteiger partial charge is 0.495 e. The molecule has 2 amide bonds. The lowest BCUT2D eigenvalue weighted by atomic mass is 9.94. The highest BCUT2D eigenvalue weighted by Crippen LogP contribution is 2.46. The number of urea groups is 1. The minimum Gasteiger partial charge on any atom is -0.495 e. The Bertz CT molecular complexity index is 733. The summed E-state index contributed by atoms with van der Waals surface area (Å²) in [5.41, 5.74) is 0.983. The highest BCUT2D eigenvalue weighted by atomic mass is 35.5. The van der Waals surface area contributed by atoms with Gasteiger partial charge in [-0.25, -0.2) is 9.59 Å². The van der Waals surface area contributed by atoms with Crippen LogP contribution in [-0.2, 0) is 9.53 Å². The van der Waals surface area contributed by atoms with E-state index in [0.717, 1.165) is 0 Å². The predicted molar refractivity (Wildman–Crippen MR) is 88.7 cm³/mol. The van der Waals surface area contributed by atoms with Crippen molar-refractivity contribution in [3.63, 3.8) is 0 Å². The summed E-state index contributed by atoms with van der Waals surface area (Å²) < 4.78 is 15.3. The maximum absolute atomic E-state index is 12.2. The third-order valence-corrected chi connectivity index (χ3v) is 4.18. The van der Waals surface area contributed by atoms with Crippen LogP contribution in [0.25, 0.3) is 0 Å². The molecular weight excluding hydrogens is 359 g/mol. The molecule has 0 bridgehead atoms. The van der Waals surface area contributed by atoms with Gasteiger partial charge < -0.3 is 24.8 Å². The van der Waals surface area contributed by atoms with Crippen LogP contribution in [0, 0.1) is 0 Å². The molecule has 1 aromatic rings. The Morgan fingerprint density at radius 1 is 1.17 bits per heavy atom. The number of hydrogen-bond donors (Lipinski definition) is 2. The fraction of sp³-hybridized carbons (Fsp3) is 0.333. The van der Waals surface area contributed by atoms with Gasteiger partial charge in [0.2, 0.25) is 0 Å². The predicted octanol–water partition coefficient (Wildman–Crippen LogP) is 2.81. The van der Waals surface area contributed by atoms with Crippen LogP contribution >= 0.6 is 23.2 Å². The van der Waals surface area contributed by atoms with Crippen molar-refractivity contribution in [2.24, 2.45) is 0 Å². The molecular formula is C15H16Cl2N2O5. The number of carbonyl (C=O) groups excluding carboxylic acids is 2. The van der Waals surface area contributed by atoms with Crippen LogP contribution in [0.4, 0.5) is 4.79 Å². The summed E-state index contributed by atoms with van der Waals surface area (Å²) in [7, 11) is 4.08. The molecule has 7 nitrogen and oxygen atoms in total. The normalized spacial score (nSPS) is 17.1. The molecule has 0 radical (unpaired) electrons. The van der Waals surface area contributed by atoms with Crippen molar-refractivity contribution in [1.82, 2.24) is 10.6 Å². The van der Waals surface area contributed by atoms with E-state index in [9.17, 15) is 9.59 Å². The maximum atomic E-state index is 12.2. The number of nitrogens with one attached hydrogen (secondary N) is 2. The first kappa shape index (κ1) is 18.2. The Morgan fingerprint density at radius 3 is 2.33 bits per heavy atom. The number of ether oxygens (including phenoxy) is 3. The van der Waals surface area contributed by atoms with Crippen LogP contribution in [0.15, 0.2) is 17.3 Å². The lowest BCUT2D eigenvalue weighted by Crippen LogP contribution is -2.45. The third kappa shape index (κ3) is 3.09. The molecule has 2 rings (SSSR count). The van der Waals surface area contributed by atoms with Gasteiger partial charge in [0.15, 0.2) is 5.75 Å². The maximum Gasteiger partial charge on any atom is 0.337 e. The molecule has 1 atom stereocenters. The molecule has 0 aliphatic carbocycles. The van der Waals surface area contributed by atoms with Gasteiger partial charge in [-0.05, 0) is 13.0 Å². The molecule has 0 fully saturated rings. The topological polar surface area (TPSA) is 85.9 Å². The molecule has 9 heteroatoms. The van der Waals surface area contributed by atoms with Gasteiger partial charge >= 0.3 is 12.0 Å². The molecule has 0 saturated heterocycles. The van der Waals surface area contributed by atoms with E-state index >= 15 is 0 Å². The molecule has 1 heterocycles. The molecule has 24 heavy (non-hydrogen) atoms. The number of methoxy groups -OCH3 is 3. The number of amides is 2. The lowest BCUT2D eigenvalue weighted by molar-refractivity contribution is -0.136. The standard InChI is InChI=1S/C15H16Cl2N2O5/c1-6-9(14(20)24-4)11(19-15(21)18-6)7-5-8(16)13(23-3)10(17)12(7)22-2/h5,11H,1-4H3,(H2,18,19,21). The SMILES string of the molecule is COC(=O)C1=C(C)NC(=O)NC1c1cc(Cl)c(OC)c(Cl)c1OC. The van der Waals surface area contributed by atoms with Crippen molar-refractivity contribution in [3.8, 4) is 11.5 Å². The first-order valence-electron chi connectivity index (χ1n) is 6.82. The van der Waals surface area contributed by atoms with Crippen LogP contribution in [0.5, 0.6) is 11.5 Å². The molecule has 2 N–H and O–H groups in total. The number of rotatable bonds is 4. The minimum absolute atomic E-state index is 0.136. The number of esters is 1. The highest BCUT2D eigenvalue weighted by molar-refractivity contribution is 6.38. The molecule has 0 saturated carbocycles. The number of hydrogen-bond acceptors (Lipinski definition) is 5. The summed E-state index contributed by atoms with van der Waals surface area (Å²) in [5, 5.41) is 5.53. The third-order valence-electron chi connectivity index (χ3n) is 3.55. The number of benzene rings is 1. The summed E-state index contributed by atoms with van der Waals surface area (Å²) in [6.07, 6.45) is 0. The van der Waals surface area contributed by atoms with E-state index < -0.39 is 18.0 Å². The van der Waals surface area contributed by atoms with Gasteiger partial charge in [-0.2, -0.15) is 0 Å². The minimum atomic E-state index is -0.845. The molecule has 0 spiro atoms. The average molecular weight is 375 g/mol. The summed E-state index contributed by atoms with van der Waals surface area (Å²) >= 11 is 12.5. The fourth-order valence-corrected chi connectivity index (χ4v) is 3.22. The van der Waals surface area contributed by atoms with Crippen molar-refractivity contribution < 1.29 is 23.8 Å². The van der Waals surface area contributed by atoms with E-state index in [1.807, 2.05) is 0 Å². The molecule has 1 unspecified atom stereocenters. The number of halogens is 2. The second-order valence-electron chi connectivity index (χ2n) is 4.89. The lowest BCUT2D eigenvalue weighted by Gasteiger charge is -2.29. The molecule has 1 aliphatic rings. The van der Waals surface area contributed by atoms with E-state index in [0.29, 0.717) is 11.3 Å². The zero-order valence-corrected chi connectivity index (χ0v) is 15.0. The van der Waals surface area contributed by atoms with Gasteiger partial charge in [-0.3, -0.25) is 0 Å². The Kier molecular flexibility index (Phi) is 5.46. The van der Waals surface area contributed by atoms with Crippen molar-refractivity contribution in [2.75, 3.05) is 21.3 Å². The van der Waals surface area contributed by atoms with Crippen LogP contribution < -0.4 is 20.1 Å². The number of carbonyl (C=O) groups is 2. The first-order valence-corrected chi connectivity index (χ1v) is 7.57. The second kappa shape index (κ2) is 7.19. The molecule has 0 aromatic heterocycles. The summed E-state index contributed by atoms with van der Waals surface area (Å²) in [6, 6.07) is 0.203. The fourth-order valence-electron chi connectivity index (χ4n) is 2.52. The Labute approximate surface area is 148 Å². The zero-order valence-electron chi connectivity index (χ0n) is 13.5. The summed E-state index contributed by atoms with van der Waals surface area (Å²) in [4.78, 5) is 24.0. The van der Waals surface area contributed by atoms with Gasteiger partial charge in [-0.1, -0.05) is 23.2 Å². The highest BCUT2D eigenvalue weighted by Gasteiger charge is 2.35. The monoisotopic (exact) mass is 374 g/mol. The average Bonchev–Trinajstić information content (AvgIpc) is 2.53. The molecule has 1 aliphatic heterocycles. The summed E-state index contributed by atoms with van der Waals surface area (Å²) in [5.74, 6) is -0.131. The van der Waals surface area contributed by atoms with Gasteiger partial charge in [0, 0.05) is 11.3 Å². The Morgan fingerprint density at radius 2 is 1.79 bits per heavy atom. The van der Waals surface area contributed by atoms with Crippen LogP contribution in [0.3, 0.4) is 0 Å². The quantitative estimate of drug-likeness (QED) is 0.791. The first-order chi connectivity index (χ1) is 11.3. The van der Waals surface area contributed by atoms with Crippen molar-refractivity contribution >= 4 is 35.2 Å². The Hall–Kier alpha value is -2.12. The van der Waals surface area contributed by atoms with E-state index in [2.05, 4.69) is 10.6 Å². The summed E-state index contributed by atoms with van der Waals surface area (Å²) in [6.45, 7) is 1.59. The molecule has 1 aromatic carbocycles. The second-order valence-corrected chi connectivity index (χ2v) is 5.67. The Balaban J connectivity index is 2.70. The van der Waals surface area contributed by atoms with Gasteiger partial charge in [0.1, 0.15) is 10.8 Å². The van der Waals surface area contributed by atoms with Crippen LogP contribution in [0.2, 0.25) is 10.0 Å². The van der Waals surface area contributed by atoms with Gasteiger partial charge in [0.05, 0.1) is 38.0 Å². The van der Waals surface area contributed by atoms with Gasteiger partial charge in [-0.15, -0.1) is 0 Å². The van der Waals surface area contributed by atoms with Gasteiger partial charge in [0.25, 0.3) is 0 Å². The van der Waals surface area contributed by atoms with Crippen molar-refractivity contribution in [3.05, 3.63) is 32.9 Å².